The first-order chi connectivity index (χ1) is 12.0. The predicted molar refractivity (Wildman–Crippen MR) is 98.1 cm³/mol. The van der Waals surface area contributed by atoms with Gasteiger partial charge in [-0.1, -0.05) is 42.5 Å². The summed E-state index contributed by atoms with van der Waals surface area (Å²) in [4.78, 5) is 30.7. The minimum absolute atomic E-state index is 0.285. The Labute approximate surface area is 143 Å². The van der Waals surface area contributed by atoms with Crippen molar-refractivity contribution < 1.29 is 0 Å². The van der Waals surface area contributed by atoms with Crippen molar-refractivity contribution in [3.63, 3.8) is 0 Å². The Balaban J connectivity index is 2.07. The van der Waals surface area contributed by atoms with Gasteiger partial charge in [0, 0.05) is 13.6 Å². The van der Waals surface area contributed by atoms with Crippen LogP contribution in [0, 0.1) is 0 Å². The van der Waals surface area contributed by atoms with Crippen molar-refractivity contribution in [2.45, 2.75) is 13.5 Å². The van der Waals surface area contributed by atoms with Crippen molar-refractivity contribution in [3.05, 3.63) is 68.9 Å². The summed E-state index contributed by atoms with van der Waals surface area (Å²) in [6.45, 7) is 6.10. The predicted octanol–water partition coefficient (Wildman–Crippen LogP) is 1.45. The molecule has 0 aliphatic carbocycles. The molecule has 0 saturated carbocycles. The Bertz CT molecular complexity index is 1070. The van der Waals surface area contributed by atoms with Gasteiger partial charge in [0.05, 0.1) is 6.21 Å². The quantitative estimate of drug-likeness (QED) is 0.418. The number of benzene rings is 1. The largest absolute Gasteiger partial charge is 0.329 e. The van der Waals surface area contributed by atoms with Crippen LogP contribution in [0.1, 0.15) is 12.5 Å². The summed E-state index contributed by atoms with van der Waals surface area (Å²) in [6, 6.07) is 9.57. The third kappa shape index (κ3) is 3.27. The zero-order valence-electron chi connectivity index (χ0n) is 14.0. The van der Waals surface area contributed by atoms with Crippen LogP contribution in [0.5, 0.6) is 0 Å². The number of hydrogen-bond acceptors (Lipinski definition) is 5. The van der Waals surface area contributed by atoms with Crippen molar-refractivity contribution in [1.29, 1.82) is 0 Å². The van der Waals surface area contributed by atoms with Crippen LogP contribution in [0.15, 0.2) is 57.2 Å². The Kier molecular flexibility index (Phi) is 4.34. The molecule has 2 aromatic heterocycles. The molecule has 1 aromatic carbocycles. The average Bonchev–Trinajstić information content (AvgIpc) is 2.92. The Hall–Kier alpha value is -3.42. The van der Waals surface area contributed by atoms with Gasteiger partial charge in [0.1, 0.15) is 0 Å². The first-order valence-corrected chi connectivity index (χ1v) is 7.65. The van der Waals surface area contributed by atoms with Crippen molar-refractivity contribution in [1.82, 2.24) is 19.1 Å². The minimum Gasteiger partial charge on any atom is -0.299 e. The van der Waals surface area contributed by atoms with E-state index in [1.165, 1.54) is 4.57 Å². The third-order valence-corrected chi connectivity index (χ3v) is 3.61. The number of hydrogen-bond donors (Lipinski definition) is 2. The van der Waals surface area contributed by atoms with E-state index in [-0.39, 0.29) is 5.65 Å². The second kappa shape index (κ2) is 6.60. The lowest BCUT2D eigenvalue weighted by molar-refractivity contribution is 0.800. The van der Waals surface area contributed by atoms with Crippen LogP contribution in [0.4, 0.5) is 5.95 Å². The lowest BCUT2D eigenvalue weighted by atomic mass is 10.2. The van der Waals surface area contributed by atoms with E-state index in [4.69, 9.17) is 0 Å². The molecule has 0 atom stereocenters. The van der Waals surface area contributed by atoms with Crippen LogP contribution in [-0.2, 0) is 13.6 Å². The normalized spacial score (nSPS) is 11.3. The number of allylic oxidation sites excluding steroid dienone is 1. The molecular formula is C17H18N6O2. The molecule has 0 unspecified atom stereocenters. The number of aromatic nitrogens is 4. The molecule has 0 amide bonds. The van der Waals surface area contributed by atoms with Gasteiger partial charge >= 0.3 is 5.69 Å². The SMILES string of the molecule is C=C(C)Cn1c(N/N=C\c2ccccc2)nc2c1c(=O)[nH]c(=O)n2C. The monoisotopic (exact) mass is 338 g/mol. The number of rotatable bonds is 5. The maximum atomic E-state index is 12.2. The zero-order chi connectivity index (χ0) is 18.0. The van der Waals surface area contributed by atoms with Gasteiger partial charge in [0.15, 0.2) is 11.2 Å². The standard InChI is InChI=1S/C17H18N6O2/c1-11(2)10-23-13-14(22(3)17(25)20-15(13)24)19-16(23)21-18-9-12-7-5-4-6-8-12/h4-9H,1,10H2,2-3H3,(H,19,21)(H,20,24,25)/b18-9-. The highest BCUT2D eigenvalue weighted by atomic mass is 16.2. The molecule has 0 aliphatic rings. The van der Waals surface area contributed by atoms with E-state index in [9.17, 15) is 9.59 Å². The summed E-state index contributed by atoms with van der Waals surface area (Å²) in [6.07, 6.45) is 1.65. The maximum absolute atomic E-state index is 12.2. The number of nitrogens with one attached hydrogen (secondary N) is 2. The van der Waals surface area contributed by atoms with Crippen molar-refractivity contribution in [3.8, 4) is 0 Å². The topological polar surface area (TPSA) is 97.1 Å². The molecule has 3 aromatic rings. The lowest BCUT2D eigenvalue weighted by Crippen LogP contribution is -2.29. The molecule has 2 heterocycles. The van der Waals surface area contributed by atoms with E-state index < -0.39 is 11.2 Å². The first-order valence-electron chi connectivity index (χ1n) is 7.65. The number of nitrogens with zero attached hydrogens (tertiary/aromatic N) is 4. The van der Waals surface area contributed by atoms with Crippen LogP contribution in [0.3, 0.4) is 0 Å². The minimum atomic E-state index is -0.517. The van der Waals surface area contributed by atoms with Gasteiger partial charge in [0.25, 0.3) is 5.56 Å². The van der Waals surface area contributed by atoms with Crippen molar-refractivity contribution in [2.75, 3.05) is 5.43 Å². The highest BCUT2D eigenvalue weighted by Crippen LogP contribution is 2.16. The molecule has 8 heteroatoms. The molecule has 0 saturated heterocycles. The van der Waals surface area contributed by atoms with E-state index in [1.807, 2.05) is 37.3 Å². The summed E-state index contributed by atoms with van der Waals surface area (Å²) in [5.74, 6) is 0.358. The second-order valence-corrected chi connectivity index (χ2v) is 5.75. The van der Waals surface area contributed by atoms with Crippen LogP contribution in [-0.4, -0.2) is 25.3 Å². The van der Waals surface area contributed by atoms with Gasteiger partial charge in [-0.15, -0.1) is 0 Å². The number of H-pyrrole nitrogens is 1. The Morgan fingerprint density at radius 1 is 1.36 bits per heavy atom. The number of anilines is 1. The van der Waals surface area contributed by atoms with Crippen LogP contribution >= 0.6 is 0 Å². The fraction of sp³-hybridized carbons (Fsp3) is 0.176. The molecule has 0 spiro atoms. The van der Waals surface area contributed by atoms with Crippen LogP contribution in [0.2, 0.25) is 0 Å². The van der Waals surface area contributed by atoms with Gasteiger partial charge < -0.3 is 0 Å². The van der Waals surface area contributed by atoms with Crippen LogP contribution < -0.4 is 16.7 Å². The lowest BCUT2D eigenvalue weighted by Gasteiger charge is -2.07. The summed E-state index contributed by atoms with van der Waals surface area (Å²) in [5.41, 5.74) is 4.17. The fourth-order valence-electron chi connectivity index (χ4n) is 2.45. The average molecular weight is 338 g/mol. The fourth-order valence-corrected chi connectivity index (χ4v) is 2.45. The highest BCUT2D eigenvalue weighted by molar-refractivity contribution is 5.80. The summed E-state index contributed by atoms with van der Waals surface area (Å²) < 4.78 is 2.94. The van der Waals surface area contributed by atoms with E-state index >= 15 is 0 Å². The molecular weight excluding hydrogens is 320 g/mol. The Morgan fingerprint density at radius 3 is 2.76 bits per heavy atom. The van der Waals surface area contributed by atoms with Gasteiger partial charge in [0.2, 0.25) is 5.95 Å². The molecule has 0 aliphatic heterocycles. The van der Waals surface area contributed by atoms with E-state index in [0.29, 0.717) is 18.0 Å². The zero-order valence-corrected chi connectivity index (χ0v) is 14.0. The number of aryl methyl sites for hydroxylation is 1. The number of aromatic amines is 1. The smallest absolute Gasteiger partial charge is 0.299 e. The number of hydrazone groups is 1. The van der Waals surface area contributed by atoms with E-state index in [2.05, 4.69) is 27.1 Å². The van der Waals surface area contributed by atoms with Gasteiger partial charge in [-0.2, -0.15) is 10.1 Å². The summed E-state index contributed by atoms with van der Waals surface area (Å²) in [7, 11) is 1.55. The molecule has 0 bridgehead atoms. The molecule has 8 nitrogen and oxygen atoms in total. The molecule has 2 N–H and O–H groups in total. The van der Waals surface area contributed by atoms with E-state index in [1.54, 1.807) is 17.8 Å². The van der Waals surface area contributed by atoms with Gasteiger partial charge in [-0.25, -0.2) is 10.2 Å². The van der Waals surface area contributed by atoms with Gasteiger partial charge in [-0.3, -0.25) is 18.9 Å². The van der Waals surface area contributed by atoms with Crippen LogP contribution in [0.25, 0.3) is 11.2 Å². The van der Waals surface area contributed by atoms with Crippen molar-refractivity contribution in [2.24, 2.45) is 12.1 Å². The Morgan fingerprint density at radius 2 is 2.08 bits per heavy atom. The van der Waals surface area contributed by atoms with Gasteiger partial charge in [-0.05, 0) is 12.5 Å². The molecule has 25 heavy (non-hydrogen) atoms. The maximum Gasteiger partial charge on any atom is 0.329 e. The molecule has 0 radical (unpaired) electrons. The summed E-state index contributed by atoms with van der Waals surface area (Å²) >= 11 is 0. The number of imidazole rings is 1. The molecule has 128 valence electrons. The summed E-state index contributed by atoms with van der Waals surface area (Å²) in [5, 5.41) is 4.17. The highest BCUT2D eigenvalue weighted by Gasteiger charge is 2.16. The number of fused-ring (bicyclic) bond motifs is 1. The second-order valence-electron chi connectivity index (χ2n) is 5.75. The third-order valence-electron chi connectivity index (χ3n) is 3.61. The molecule has 0 fully saturated rings. The molecule has 3 rings (SSSR count). The van der Waals surface area contributed by atoms with E-state index in [0.717, 1.165) is 11.1 Å². The first kappa shape index (κ1) is 16.4. The van der Waals surface area contributed by atoms with Crippen molar-refractivity contribution >= 4 is 23.3 Å².